The summed E-state index contributed by atoms with van der Waals surface area (Å²) in [5.41, 5.74) is 5.90. The number of rotatable bonds is 3. The number of aliphatic imine (C=N–C) groups is 1. The summed E-state index contributed by atoms with van der Waals surface area (Å²) in [5, 5.41) is 0. The molecule has 1 aliphatic heterocycles. The quantitative estimate of drug-likeness (QED) is 0.817. The summed E-state index contributed by atoms with van der Waals surface area (Å²) in [5.74, 6) is 0. The Morgan fingerprint density at radius 3 is 2.50 bits per heavy atom. The summed E-state index contributed by atoms with van der Waals surface area (Å²) < 4.78 is 5.78. The van der Waals surface area contributed by atoms with Crippen molar-refractivity contribution in [1.29, 1.82) is 0 Å². The highest BCUT2D eigenvalue weighted by atomic mass is 16.5. The zero-order valence-corrected chi connectivity index (χ0v) is 12.0. The summed E-state index contributed by atoms with van der Waals surface area (Å²) in [6, 6.07) is 16.8. The molecule has 0 bridgehead atoms. The van der Waals surface area contributed by atoms with Gasteiger partial charge in [-0.2, -0.15) is 0 Å². The van der Waals surface area contributed by atoms with Crippen LogP contribution in [-0.2, 0) is 11.2 Å². The third-order valence-electron chi connectivity index (χ3n) is 3.51. The van der Waals surface area contributed by atoms with Crippen LogP contribution in [0.5, 0.6) is 0 Å². The van der Waals surface area contributed by atoms with Crippen LogP contribution >= 0.6 is 0 Å². The number of ether oxygens (including phenoxy) is 1. The standard InChI is InChI=1S/C18H19NO/c1-13(2)20-12-18-16-9-5-3-7-14(16)11-15-8-4-6-10-17(15)19-18/h3-10,13H,11-12H2,1-2H3. The first-order valence-corrected chi connectivity index (χ1v) is 7.09. The van der Waals surface area contributed by atoms with E-state index in [9.17, 15) is 0 Å². The van der Waals surface area contributed by atoms with Gasteiger partial charge in [0.25, 0.3) is 0 Å². The van der Waals surface area contributed by atoms with Crippen LogP contribution in [0, 0.1) is 0 Å². The summed E-state index contributed by atoms with van der Waals surface area (Å²) in [6.45, 7) is 4.66. The van der Waals surface area contributed by atoms with Crippen LogP contribution < -0.4 is 0 Å². The van der Waals surface area contributed by atoms with Crippen molar-refractivity contribution in [3.05, 3.63) is 65.2 Å². The van der Waals surface area contributed by atoms with Crippen LogP contribution in [0.4, 0.5) is 5.69 Å². The Kier molecular flexibility index (Phi) is 3.66. The van der Waals surface area contributed by atoms with Crippen LogP contribution in [0.15, 0.2) is 53.5 Å². The van der Waals surface area contributed by atoms with E-state index in [0.717, 1.165) is 17.8 Å². The smallest absolute Gasteiger partial charge is 0.0897 e. The summed E-state index contributed by atoms with van der Waals surface area (Å²) in [7, 11) is 0. The Labute approximate surface area is 120 Å². The Hall–Kier alpha value is -1.93. The molecule has 0 radical (unpaired) electrons. The number of benzene rings is 2. The molecule has 0 aliphatic carbocycles. The van der Waals surface area contributed by atoms with Crippen LogP contribution in [0.1, 0.15) is 30.5 Å². The van der Waals surface area contributed by atoms with Gasteiger partial charge in [-0.25, -0.2) is 0 Å². The van der Waals surface area contributed by atoms with Crippen LogP contribution in [-0.4, -0.2) is 18.4 Å². The van der Waals surface area contributed by atoms with E-state index in [1.54, 1.807) is 0 Å². The van der Waals surface area contributed by atoms with Crippen molar-refractivity contribution in [2.45, 2.75) is 26.4 Å². The molecule has 0 saturated carbocycles. The van der Waals surface area contributed by atoms with E-state index in [1.165, 1.54) is 16.7 Å². The Bertz CT molecular complexity index is 643. The van der Waals surface area contributed by atoms with Crippen molar-refractivity contribution in [3.63, 3.8) is 0 Å². The van der Waals surface area contributed by atoms with Crippen molar-refractivity contribution >= 4 is 11.4 Å². The van der Waals surface area contributed by atoms with Gasteiger partial charge < -0.3 is 4.74 Å². The number of hydrogen-bond acceptors (Lipinski definition) is 2. The normalized spacial score (nSPS) is 13.4. The second kappa shape index (κ2) is 5.59. The highest BCUT2D eigenvalue weighted by Crippen LogP contribution is 2.28. The predicted molar refractivity (Wildman–Crippen MR) is 83.0 cm³/mol. The van der Waals surface area contributed by atoms with Gasteiger partial charge >= 0.3 is 0 Å². The van der Waals surface area contributed by atoms with Crippen molar-refractivity contribution in [2.24, 2.45) is 4.99 Å². The monoisotopic (exact) mass is 265 g/mol. The van der Waals surface area contributed by atoms with Gasteiger partial charge in [0.05, 0.1) is 24.1 Å². The molecule has 2 aromatic rings. The van der Waals surface area contributed by atoms with E-state index in [2.05, 4.69) is 56.3 Å². The van der Waals surface area contributed by atoms with Crippen molar-refractivity contribution in [3.8, 4) is 0 Å². The molecule has 2 heteroatoms. The molecule has 102 valence electrons. The molecule has 0 aromatic heterocycles. The van der Waals surface area contributed by atoms with Gasteiger partial charge in [0.15, 0.2) is 0 Å². The number of nitrogens with zero attached hydrogens (tertiary/aromatic N) is 1. The lowest BCUT2D eigenvalue weighted by Crippen LogP contribution is -2.15. The molecule has 2 nitrogen and oxygen atoms in total. The molecule has 0 amide bonds. The van der Waals surface area contributed by atoms with Gasteiger partial charge in [0.1, 0.15) is 0 Å². The maximum absolute atomic E-state index is 5.78. The SMILES string of the molecule is CC(C)OCC1=Nc2ccccc2Cc2ccccc21. The fourth-order valence-electron chi connectivity index (χ4n) is 2.49. The largest absolute Gasteiger partial charge is 0.372 e. The molecule has 0 atom stereocenters. The minimum absolute atomic E-state index is 0.211. The zero-order chi connectivity index (χ0) is 13.9. The Morgan fingerprint density at radius 2 is 1.70 bits per heavy atom. The van der Waals surface area contributed by atoms with Gasteiger partial charge in [0, 0.05) is 12.0 Å². The van der Waals surface area contributed by atoms with Gasteiger partial charge in [-0.05, 0) is 31.0 Å². The van der Waals surface area contributed by atoms with Crippen molar-refractivity contribution in [1.82, 2.24) is 0 Å². The number of para-hydroxylation sites is 1. The van der Waals surface area contributed by atoms with E-state index in [-0.39, 0.29) is 6.10 Å². The molecule has 3 rings (SSSR count). The van der Waals surface area contributed by atoms with Gasteiger partial charge in [0.2, 0.25) is 0 Å². The first kappa shape index (κ1) is 13.1. The van der Waals surface area contributed by atoms with Crippen LogP contribution in [0.25, 0.3) is 0 Å². The average molecular weight is 265 g/mol. The van der Waals surface area contributed by atoms with Gasteiger partial charge in [-0.15, -0.1) is 0 Å². The minimum atomic E-state index is 0.211. The highest BCUT2D eigenvalue weighted by Gasteiger charge is 2.16. The maximum Gasteiger partial charge on any atom is 0.0897 e. The molecule has 1 heterocycles. The molecular weight excluding hydrogens is 246 g/mol. The number of hydrogen-bond donors (Lipinski definition) is 0. The van der Waals surface area contributed by atoms with E-state index >= 15 is 0 Å². The fourth-order valence-corrected chi connectivity index (χ4v) is 2.49. The van der Waals surface area contributed by atoms with Crippen molar-refractivity contribution < 1.29 is 4.74 Å². The fraction of sp³-hybridized carbons (Fsp3) is 0.278. The second-order valence-corrected chi connectivity index (χ2v) is 5.38. The maximum atomic E-state index is 5.78. The van der Waals surface area contributed by atoms with Gasteiger partial charge in [-0.1, -0.05) is 42.5 Å². The molecule has 20 heavy (non-hydrogen) atoms. The van der Waals surface area contributed by atoms with Crippen molar-refractivity contribution in [2.75, 3.05) is 6.61 Å². The molecule has 0 saturated heterocycles. The summed E-state index contributed by atoms with van der Waals surface area (Å²) in [6.07, 6.45) is 1.14. The van der Waals surface area contributed by atoms with Crippen LogP contribution in [0.3, 0.4) is 0 Å². The highest BCUT2D eigenvalue weighted by molar-refractivity contribution is 6.05. The molecule has 0 unspecified atom stereocenters. The zero-order valence-electron chi connectivity index (χ0n) is 12.0. The third kappa shape index (κ3) is 2.66. The first-order chi connectivity index (χ1) is 9.74. The lowest BCUT2D eigenvalue weighted by Gasteiger charge is -2.11. The first-order valence-electron chi connectivity index (χ1n) is 7.09. The van der Waals surface area contributed by atoms with E-state index < -0.39 is 0 Å². The topological polar surface area (TPSA) is 21.6 Å². The molecular formula is C18H19NO. The predicted octanol–water partition coefficient (Wildman–Crippen LogP) is 4.14. The van der Waals surface area contributed by atoms with E-state index in [1.807, 2.05) is 6.07 Å². The molecule has 0 fully saturated rings. The molecule has 2 aromatic carbocycles. The summed E-state index contributed by atoms with van der Waals surface area (Å²) >= 11 is 0. The van der Waals surface area contributed by atoms with Crippen LogP contribution in [0.2, 0.25) is 0 Å². The van der Waals surface area contributed by atoms with E-state index in [0.29, 0.717) is 6.61 Å². The number of fused-ring (bicyclic) bond motifs is 2. The van der Waals surface area contributed by atoms with E-state index in [4.69, 9.17) is 9.73 Å². The molecule has 0 spiro atoms. The average Bonchev–Trinajstić information content (AvgIpc) is 2.61. The lowest BCUT2D eigenvalue weighted by atomic mass is 9.98. The lowest BCUT2D eigenvalue weighted by molar-refractivity contribution is 0.111. The molecule has 1 aliphatic rings. The molecule has 0 N–H and O–H groups in total. The third-order valence-corrected chi connectivity index (χ3v) is 3.51. The summed E-state index contributed by atoms with van der Waals surface area (Å²) in [4.78, 5) is 4.84. The second-order valence-electron chi connectivity index (χ2n) is 5.38. The minimum Gasteiger partial charge on any atom is -0.372 e. The Morgan fingerprint density at radius 1 is 1.00 bits per heavy atom. The Balaban J connectivity index is 2.07. The van der Waals surface area contributed by atoms with Gasteiger partial charge in [-0.3, -0.25) is 4.99 Å².